The van der Waals surface area contributed by atoms with Crippen molar-refractivity contribution < 1.29 is 14.3 Å². The number of nitrogens with one attached hydrogen (secondary N) is 1. The second kappa shape index (κ2) is 6.19. The van der Waals surface area contributed by atoms with Crippen molar-refractivity contribution in [3.05, 3.63) is 53.6 Å². The molecule has 2 amide bonds. The van der Waals surface area contributed by atoms with Crippen molar-refractivity contribution in [3.63, 3.8) is 0 Å². The highest BCUT2D eigenvalue weighted by Gasteiger charge is 2.47. The van der Waals surface area contributed by atoms with E-state index in [-0.39, 0.29) is 24.1 Å². The van der Waals surface area contributed by atoms with Crippen LogP contribution in [0.5, 0.6) is 0 Å². The highest BCUT2D eigenvalue weighted by Crippen LogP contribution is 2.40. The van der Waals surface area contributed by atoms with Gasteiger partial charge in [0.25, 0.3) is 0 Å². The van der Waals surface area contributed by atoms with Gasteiger partial charge < -0.3 is 10.1 Å². The van der Waals surface area contributed by atoms with Gasteiger partial charge in [0, 0.05) is 6.92 Å². The smallest absolute Gasteiger partial charge is 0.415 e. The van der Waals surface area contributed by atoms with Gasteiger partial charge in [-0.15, -0.1) is 0 Å². The predicted molar refractivity (Wildman–Crippen MR) is 95.5 cm³/mol. The fourth-order valence-corrected chi connectivity index (χ4v) is 3.65. The molecule has 0 radical (unpaired) electrons. The molecule has 4 rings (SSSR count). The molecular weight excluding hydrogens is 330 g/mol. The first kappa shape index (κ1) is 16.2. The van der Waals surface area contributed by atoms with Crippen LogP contribution in [-0.4, -0.2) is 30.7 Å². The zero-order valence-electron chi connectivity index (χ0n) is 14.2. The minimum atomic E-state index is -0.372. The second-order valence-corrected chi connectivity index (χ2v) is 6.54. The predicted octanol–water partition coefficient (Wildman–Crippen LogP) is 2.61. The van der Waals surface area contributed by atoms with Gasteiger partial charge in [-0.1, -0.05) is 18.2 Å². The molecule has 0 bridgehead atoms. The summed E-state index contributed by atoms with van der Waals surface area (Å²) in [7, 11) is 0. The number of benzene rings is 2. The Bertz CT molecular complexity index is 948. The van der Waals surface area contributed by atoms with Crippen LogP contribution in [0.3, 0.4) is 0 Å². The quantitative estimate of drug-likeness (QED) is 0.925. The van der Waals surface area contributed by atoms with Crippen LogP contribution in [0, 0.1) is 11.3 Å². The fourth-order valence-electron chi connectivity index (χ4n) is 3.65. The lowest BCUT2D eigenvalue weighted by Gasteiger charge is -2.16. The average Bonchev–Trinajstić information content (AvgIpc) is 3.17. The molecule has 1 fully saturated rings. The maximum atomic E-state index is 12.3. The van der Waals surface area contributed by atoms with E-state index in [2.05, 4.69) is 17.5 Å². The Balaban J connectivity index is 1.63. The second-order valence-electron chi connectivity index (χ2n) is 6.54. The molecule has 2 aliphatic heterocycles. The normalized spacial score (nSPS) is 20.2. The van der Waals surface area contributed by atoms with E-state index >= 15 is 0 Å². The summed E-state index contributed by atoms with van der Waals surface area (Å²) in [4.78, 5) is 25.1. The largest absolute Gasteiger partial charge is 0.442 e. The maximum Gasteiger partial charge on any atom is 0.415 e. The fraction of sp³-hybridized carbons (Fsp3) is 0.250. The Kier molecular flexibility index (Phi) is 3.85. The first-order chi connectivity index (χ1) is 12.6. The standard InChI is InChI=1S/C20H17N3O3/c1-12(24)22-11-19-18-9-16-8-15(14-4-2-3-13(7-14)10-21)5-6-17(16)23(18)20(25)26-19/h2-8,18-19H,9,11H2,1H3,(H,22,24)/t18-,19-/m0/s1. The number of carbonyl (C=O) groups is 2. The monoisotopic (exact) mass is 347 g/mol. The van der Waals surface area contributed by atoms with E-state index in [0.717, 1.165) is 22.4 Å². The van der Waals surface area contributed by atoms with Crippen LogP contribution in [0.2, 0.25) is 0 Å². The Labute approximate surface area is 151 Å². The Hall–Kier alpha value is -3.33. The van der Waals surface area contributed by atoms with Crippen molar-refractivity contribution in [3.8, 4) is 17.2 Å². The van der Waals surface area contributed by atoms with Crippen LogP contribution in [0.1, 0.15) is 18.1 Å². The van der Waals surface area contributed by atoms with Gasteiger partial charge in [0.2, 0.25) is 5.91 Å². The van der Waals surface area contributed by atoms with Crippen molar-refractivity contribution >= 4 is 17.7 Å². The number of nitriles is 1. The Morgan fingerprint density at radius 1 is 1.31 bits per heavy atom. The molecule has 2 aromatic rings. The molecule has 1 N–H and O–H groups in total. The number of cyclic esters (lactones) is 1. The van der Waals surface area contributed by atoms with Gasteiger partial charge in [-0.25, -0.2) is 4.79 Å². The van der Waals surface area contributed by atoms with Crippen molar-refractivity contribution in [2.45, 2.75) is 25.5 Å². The van der Waals surface area contributed by atoms with Crippen LogP contribution in [0.25, 0.3) is 11.1 Å². The van der Waals surface area contributed by atoms with Crippen molar-refractivity contribution in [2.75, 3.05) is 11.4 Å². The van der Waals surface area contributed by atoms with Crippen LogP contribution in [0.15, 0.2) is 42.5 Å². The van der Waals surface area contributed by atoms with Gasteiger partial charge in [-0.3, -0.25) is 9.69 Å². The molecule has 6 nitrogen and oxygen atoms in total. The Morgan fingerprint density at radius 3 is 2.88 bits per heavy atom. The van der Waals surface area contributed by atoms with Crippen molar-refractivity contribution in [1.29, 1.82) is 5.26 Å². The minimum Gasteiger partial charge on any atom is -0.442 e. The lowest BCUT2D eigenvalue weighted by molar-refractivity contribution is -0.119. The number of hydrogen-bond acceptors (Lipinski definition) is 4. The van der Waals surface area contributed by atoms with Gasteiger partial charge in [-0.05, 0) is 47.4 Å². The molecule has 0 saturated carbocycles. The van der Waals surface area contributed by atoms with Crippen LogP contribution in [0.4, 0.5) is 10.5 Å². The maximum absolute atomic E-state index is 12.3. The van der Waals surface area contributed by atoms with E-state index in [9.17, 15) is 9.59 Å². The minimum absolute atomic E-state index is 0.106. The third-order valence-electron chi connectivity index (χ3n) is 4.85. The number of nitrogens with zero attached hydrogens (tertiary/aromatic N) is 2. The molecular formula is C20H17N3O3. The number of anilines is 1. The van der Waals surface area contributed by atoms with Gasteiger partial charge in [0.05, 0.1) is 29.9 Å². The van der Waals surface area contributed by atoms with E-state index in [1.54, 1.807) is 11.0 Å². The topological polar surface area (TPSA) is 82.4 Å². The molecule has 2 aliphatic rings. The molecule has 2 atom stereocenters. The molecule has 130 valence electrons. The lowest BCUT2D eigenvalue weighted by Crippen LogP contribution is -2.40. The summed E-state index contributed by atoms with van der Waals surface area (Å²) in [5.74, 6) is -0.144. The van der Waals surface area contributed by atoms with E-state index in [0.29, 0.717) is 18.5 Å². The number of rotatable bonds is 3. The third kappa shape index (κ3) is 2.68. The summed E-state index contributed by atoms with van der Waals surface area (Å²) >= 11 is 0. The van der Waals surface area contributed by atoms with E-state index in [4.69, 9.17) is 10.00 Å². The van der Waals surface area contributed by atoms with Crippen LogP contribution in [-0.2, 0) is 16.0 Å². The molecule has 0 aliphatic carbocycles. The van der Waals surface area contributed by atoms with Crippen molar-refractivity contribution in [1.82, 2.24) is 5.32 Å². The number of carbonyl (C=O) groups excluding carboxylic acids is 2. The number of hydrogen-bond donors (Lipinski definition) is 1. The molecule has 1 saturated heterocycles. The van der Waals surface area contributed by atoms with Gasteiger partial charge in [0.1, 0.15) is 6.10 Å². The molecule has 0 aromatic heterocycles. The lowest BCUT2D eigenvalue weighted by atomic mass is 9.99. The third-order valence-corrected chi connectivity index (χ3v) is 4.85. The van der Waals surface area contributed by atoms with E-state index in [1.807, 2.05) is 30.3 Å². The summed E-state index contributed by atoms with van der Waals surface area (Å²) in [6, 6.07) is 15.4. The van der Waals surface area contributed by atoms with Crippen molar-refractivity contribution in [2.24, 2.45) is 0 Å². The number of ether oxygens (including phenoxy) is 1. The zero-order chi connectivity index (χ0) is 18.3. The van der Waals surface area contributed by atoms with Gasteiger partial charge in [0.15, 0.2) is 0 Å². The molecule has 2 aromatic carbocycles. The molecule has 2 heterocycles. The number of amides is 2. The number of fused-ring (bicyclic) bond motifs is 3. The van der Waals surface area contributed by atoms with Gasteiger partial charge in [-0.2, -0.15) is 5.26 Å². The van der Waals surface area contributed by atoms with Crippen LogP contribution >= 0.6 is 0 Å². The summed E-state index contributed by atoms with van der Waals surface area (Å²) in [5, 5.41) is 11.8. The Morgan fingerprint density at radius 2 is 2.12 bits per heavy atom. The molecule has 26 heavy (non-hydrogen) atoms. The molecule has 0 spiro atoms. The zero-order valence-corrected chi connectivity index (χ0v) is 14.2. The highest BCUT2D eigenvalue weighted by atomic mass is 16.6. The molecule has 6 heteroatoms. The molecule has 0 unspecified atom stereocenters. The SMILES string of the molecule is CC(=O)NC[C@@H]1OC(=O)N2c3ccc(-c4cccc(C#N)c4)cc3C[C@@H]12. The summed E-state index contributed by atoms with van der Waals surface area (Å²) in [5.41, 5.74) is 4.51. The van der Waals surface area contributed by atoms with E-state index in [1.165, 1.54) is 6.92 Å². The van der Waals surface area contributed by atoms with E-state index < -0.39 is 0 Å². The first-order valence-corrected chi connectivity index (χ1v) is 8.44. The average molecular weight is 347 g/mol. The summed E-state index contributed by atoms with van der Waals surface area (Å²) < 4.78 is 5.42. The highest BCUT2D eigenvalue weighted by molar-refractivity contribution is 5.94. The summed E-state index contributed by atoms with van der Waals surface area (Å²) in [6.07, 6.45) is -0.0515. The summed E-state index contributed by atoms with van der Waals surface area (Å²) in [6.45, 7) is 1.76. The first-order valence-electron chi connectivity index (χ1n) is 8.44. The van der Waals surface area contributed by atoms with Gasteiger partial charge >= 0.3 is 6.09 Å². The van der Waals surface area contributed by atoms with Crippen LogP contribution < -0.4 is 10.2 Å².